The predicted molar refractivity (Wildman–Crippen MR) is 80.2 cm³/mol. The van der Waals surface area contributed by atoms with Gasteiger partial charge in [0, 0.05) is 13.1 Å². The molecule has 1 heterocycles. The number of likely N-dealkylation sites (N-methyl/N-ethyl adjacent to an activating group) is 1. The number of nitrogens with zero attached hydrogens (tertiary/aromatic N) is 2. The van der Waals surface area contributed by atoms with Crippen molar-refractivity contribution >= 4 is 17.5 Å². The molecule has 1 aromatic carbocycles. The first-order valence-electron chi connectivity index (χ1n) is 7.14. The highest BCUT2D eigenvalue weighted by molar-refractivity contribution is 5.85. The zero-order valence-electron chi connectivity index (χ0n) is 12.4. The smallest absolute Gasteiger partial charge is 0.260 e. The maximum atomic E-state index is 12.3. The van der Waals surface area contributed by atoms with Crippen LogP contribution in [0.5, 0.6) is 5.75 Å². The van der Waals surface area contributed by atoms with Gasteiger partial charge in [-0.1, -0.05) is 12.1 Å². The van der Waals surface area contributed by atoms with Gasteiger partial charge in [-0.05, 0) is 26.0 Å². The molecule has 1 aliphatic rings. The molecule has 0 radical (unpaired) electrons. The normalized spacial score (nSPS) is 16.9. The minimum absolute atomic E-state index is 0.0277. The molecule has 1 aromatic rings. The first-order valence-corrected chi connectivity index (χ1v) is 7.14. The average Bonchev–Trinajstić information content (AvgIpc) is 2.48. The molecular formula is C15H21N3O3. The Labute approximate surface area is 124 Å². The molecule has 1 unspecified atom stereocenters. The number of para-hydroxylation sites is 2. The van der Waals surface area contributed by atoms with Crippen molar-refractivity contribution in [2.75, 3.05) is 31.1 Å². The number of anilines is 1. The molecule has 0 saturated carbocycles. The van der Waals surface area contributed by atoms with Crippen molar-refractivity contribution in [1.82, 2.24) is 4.90 Å². The molecule has 0 bridgehead atoms. The van der Waals surface area contributed by atoms with Crippen molar-refractivity contribution in [2.24, 2.45) is 5.73 Å². The van der Waals surface area contributed by atoms with E-state index < -0.39 is 12.0 Å². The summed E-state index contributed by atoms with van der Waals surface area (Å²) >= 11 is 0. The number of rotatable bonds is 5. The standard InChI is InChI=1S/C15H21N3O3/c1-3-17(4-2)14(19)10-18-9-13(15(16)20)21-12-8-6-5-7-11(12)18/h5-8,13H,3-4,9-10H2,1-2H3,(H2,16,20). The molecule has 6 nitrogen and oxygen atoms in total. The SMILES string of the molecule is CCN(CC)C(=O)CN1CC(C(N)=O)Oc2ccccc21. The van der Waals surface area contributed by atoms with Gasteiger partial charge in [-0.2, -0.15) is 0 Å². The van der Waals surface area contributed by atoms with E-state index in [1.165, 1.54) is 0 Å². The monoisotopic (exact) mass is 291 g/mol. The molecule has 0 saturated heterocycles. The number of carbonyl (C=O) groups excluding carboxylic acids is 2. The minimum Gasteiger partial charge on any atom is -0.477 e. The molecule has 2 N–H and O–H groups in total. The Hall–Kier alpha value is -2.24. The van der Waals surface area contributed by atoms with Crippen LogP contribution in [0.3, 0.4) is 0 Å². The minimum atomic E-state index is -0.732. The zero-order valence-corrected chi connectivity index (χ0v) is 12.4. The van der Waals surface area contributed by atoms with Crippen LogP contribution in [0.2, 0.25) is 0 Å². The summed E-state index contributed by atoms with van der Waals surface area (Å²) in [5.41, 5.74) is 6.16. The summed E-state index contributed by atoms with van der Waals surface area (Å²) in [5, 5.41) is 0. The average molecular weight is 291 g/mol. The number of benzene rings is 1. The van der Waals surface area contributed by atoms with Crippen molar-refractivity contribution in [3.05, 3.63) is 24.3 Å². The van der Waals surface area contributed by atoms with E-state index in [1.807, 2.05) is 36.9 Å². The van der Waals surface area contributed by atoms with Crippen LogP contribution in [0.15, 0.2) is 24.3 Å². The maximum absolute atomic E-state index is 12.3. The molecule has 1 atom stereocenters. The first kappa shape index (κ1) is 15.2. The molecule has 0 aliphatic carbocycles. The van der Waals surface area contributed by atoms with E-state index in [9.17, 15) is 9.59 Å². The fraction of sp³-hybridized carbons (Fsp3) is 0.467. The Bertz CT molecular complexity index is 529. The van der Waals surface area contributed by atoms with Crippen molar-refractivity contribution < 1.29 is 14.3 Å². The lowest BCUT2D eigenvalue weighted by Gasteiger charge is -2.35. The quantitative estimate of drug-likeness (QED) is 0.862. The van der Waals surface area contributed by atoms with Crippen LogP contribution in [0.25, 0.3) is 0 Å². The summed E-state index contributed by atoms with van der Waals surface area (Å²) in [6.45, 7) is 5.73. The molecule has 2 amide bonds. The van der Waals surface area contributed by atoms with Gasteiger partial charge in [-0.25, -0.2) is 0 Å². The second-order valence-corrected chi connectivity index (χ2v) is 4.92. The third-order valence-corrected chi connectivity index (χ3v) is 3.62. The molecular weight excluding hydrogens is 270 g/mol. The molecule has 21 heavy (non-hydrogen) atoms. The van der Waals surface area contributed by atoms with E-state index in [-0.39, 0.29) is 12.5 Å². The molecule has 0 aromatic heterocycles. The van der Waals surface area contributed by atoms with Gasteiger partial charge in [0.15, 0.2) is 6.10 Å². The zero-order chi connectivity index (χ0) is 15.4. The molecule has 114 valence electrons. The number of nitrogens with two attached hydrogens (primary N) is 1. The number of amides is 2. The number of hydrogen-bond acceptors (Lipinski definition) is 4. The molecule has 6 heteroatoms. The summed E-state index contributed by atoms with van der Waals surface area (Å²) < 4.78 is 5.58. The fourth-order valence-electron chi connectivity index (χ4n) is 2.44. The Morgan fingerprint density at radius 2 is 2.00 bits per heavy atom. The number of ether oxygens (including phenoxy) is 1. The third-order valence-electron chi connectivity index (χ3n) is 3.62. The summed E-state index contributed by atoms with van der Waals surface area (Å²) in [7, 11) is 0. The maximum Gasteiger partial charge on any atom is 0.260 e. The molecule has 2 rings (SSSR count). The van der Waals surface area contributed by atoms with Crippen molar-refractivity contribution in [2.45, 2.75) is 20.0 Å². The largest absolute Gasteiger partial charge is 0.477 e. The van der Waals surface area contributed by atoms with Gasteiger partial charge >= 0.3 is 0 Å². The lowest BCUT2D eigenvalue weighted by Crippen LogP contribution is -2.50. The van der Waals surface area contributed by atoms with Crippen LogP contribution in [0, 0.1) is 0 Å². The fourth-order valence-corrected chi connectivity index (χ4v) is 2.44. The number of fused-ring (bicyclic) bond motifs is 1. The number of hydrogen-bond donors (Lipinski definition) is 1. The van der Waals surface area contributed by atoms with Crippen molar-refractivity contribution in [1.29, 1.82) is 0 Å². The van der Waals surface area contributed by atoms with Crippen LogP contribution >= 0.6 is 0 Å². The van der Waals surface area contributed by atoms with Gasteiger partial charge < -0.3 is 20.3 Å². The lowest BCUT2D eigenvalue weighted by atomic mass is 10.1. The Balaban J connectivity index is 2.21. The molecule has 1 aliphatic heterocycles. The van der Waals surface area contributed by atoms with Crippen LogP contribution in [-0.2, 0) is 9.59 Å². The Morgan fingerprint density at radius 3 is 2.62 bits per heavy atom. The second-order valence-electron chi connectivity index (χ2n) is 4.92. The van der Waals surface area contributed by atoms with Gasteiger partial charge in [0.25, 0.3) is 5.91 Å². The van der Waals surface area contributed by atoms with Gasteiger partial charge in [0.2, 0.25) is 5.91 Å². The summed E-state index contributed by atoms with van der Waals surface area (Å²) in [6, 6.07) is 7.36. The Kier molecular flexibility index (Phi) is 4.67. The van der Waals surface area contributed by atoms with Gasteiger partial charge in [-0.15, -0.1) is 0 Å². The first-order chi connectivity index (χ1) is 10.1. The lowest BCUT2D eigenvalue weighted by molar-refractivity contribution is -0.130. The predicted octanol–water partition coefficient (Wildman–Crippen LogP) is 0.608. The van der Waals surface area contributed by atoms with E-state index in [0.29, 0.717) is 25.4 Å². The molecule has 0 fully saturated rings. The van der Waals surface area contributed by atoms with Gasteiger partial charge in [-0.3, -0.25) is 9.59 Å². The third kappa shape index (κ3) is 3.26. The summed E-state index contributed by atoms with van der Waals surface area (Å²) in [5.74, 6) is 0.0876. The highest BCUT2D eigenvalue weighted by Gasteiger charge is 2.30. The topological polar surface area (TPSA) is 75.9 Å². The van der Waals surface area contributed by atoms with Crippen molar-refractivity contribution in [3.63, 3.8) is 0 Å². The van der Waals surface area contributed by atoms with Crippen molar-refractivity contribution in [3.8, 4) is 5.75 Å². The van der Waals surface area contributed by atoms with Crippen LogP contribution in [-0.4, -0.2) is 49.0 Å². The van der Waals surface area contributed by atoms with E-state index in [0.717, 1.165) is 5.69 Å². The van der Waals surface area contributed by atoms with Crippen LogP contribution in [0.4, 0.5) is 5.69 Å². The van der Waals surface area contributed by atoms with Crippen LogP contribution < -0.4 is 15.4 Å². The number of primary amides is 1. The van der Waals surface area contributed by atoms with E-state index in [4.69, 9.17) is 10.5 Å². The summed E-state index contributed by atoms with van der Waals surface area (Å²) in [4.78, 5) is 27.3. The number of carbonyl (C=O) groups is 2. The van der Waals surface area contributed by atoms with E-state index in [2.05, 4.69) is 0 Å². The van der Waals surface area contributed by atoms with E-state index >= 15 is 0 Å². The molecule has 0 spiro atoms. The highest BCUT2D eigenvalue weighted by atomic mass is 16.5. The van der Waals surface area contributed by atoms with E-state index in [1.54, 1.807) is 11.0 Å². The van der Waals surface area contributed by atoms with Gasteiger partial charge in [0.05, 0.1) is 18.8 Å². The van der Waals surface area contributed by atoms with Gasteiger partial charge in [0.1, 0.15) is 5.75 Å². The van der Waals surface area contributed by atoms with Crippen LogP contribution in [0.1, 0.15) is 13.8 Å². The Morgan fingerprint density at radius 1 is 1.33 bits per heavy atom. The second kappa shape index (κ2) is 6.47. The highest BCUT2D eigenvalue weighted by Crippen LogP contribution is 2.32. The summed E-state index contributed by atoms with van der Waals surface area (Å²) in [6.07, 6.45) is -0.732.